The van der Waals surface area contributed by atoms with E-state index in [-0.39, 0.29) is 9.49 Å². The topological polar surface area (TPSA) is 17.1 Å². The van der Waals surface area contributed by atoms with E-state index in [1.807, 2.05) is 23.5 Å². The third-order valence-corrected chi connectivity index (χ3v) is 6.20. The molecule has 88 valence electrons. The predicted molar refractivity (Wildman–Crippen MR) is 71.6 cm³/mol. The quantitative estimate of drug-likeness (QED) is 0.750. The molecule has 1 heterocycles. The zero-order valence-electron chi connectivity index (χ0n) is 10.3. The van der Waals surface area contributed by atoms with Crippen molar-refractivity contribution in [3.8, 4) is 0 Å². The van der Waals surface area contributed by atoms with Gasteiger partial charge >= 0.3 is 0 Å². The average molecular weight is 246 g/mol. The van der Waals surface area contributed by atoms with Gasteiger partial charge in [-0.05, 0) is 29.8 Å². The average Bonchev–Trinajstić information content (AvgIpc) is 2.16. The largest absolute Gasteiger partial charge is 0.297 e. The van der Waals surface area contributed by atoms with E-state index in [2.05, 4.69) is 27.7 Å². The lowest BCUT2D eigenvalue weighted by Gasteiger charge is -2.35. The number of hydrogen-bond donors (Lipinski definition) is 0. The van der Waals surface area contributed by atoms with Crippen molar-refractivity contribution in [2.75, 3.05) is 11.5 Å². The Morgan fingerprint density at radius 1 is 1.27 bits per heavy atom. The van der Waals surface area contributed by atoms with Crippen molar-refractivity contribution in [2.24, 2.45) is 5.41 Å². The predicted octanol–water partition coefficient (Wildman–Crippen LogP) is 3.97. The van der Waals surface area contributed by atoms with Crippen LogP contribution in [0, 0.1) is 5.41 Å². The van der Waals surface area contributed by atoms with Gasteiger partial charge < -0.3 is 0 Å². The summed E-state index contributed by atoms with van der Waals surface area (Å²) in [5.74, 6) is 2.75. The van der Waals surface area contributed by atoms with Gasteiger partial charge in [0.15, 0.2) is 5.78 Å². The lowest BCUT2D eigenvalue weighted by molar-refractivity contribution is -0.121. The van der Waals surface area contributed by atoms with Crippen LogP contribution in [0.3, 0.4) is 0 Å². The smallest absolute Gasteiger partial charge is 0.159 e. The molecular weight excluding hydrogens is 224 g/mol. The van der Waals surface area contributed by atoms with Crippen molar-refractivity contribution >= 4 is 29.3 Å². The Morgan fingerprint density at radius 2 is 1.80 bits per heavy atom. The van der Waals surface area contributed by atoms with Crippen molar-refractivity contribution in [3.63, 3.8) is 0 Å². The molecule has 1 fully saturated rings. The highest BCUT2D eigenvalue weighted by molar-refractivity contribution is 8.19. The van der Waals surface area contributed by atoms with E-state index in [9.17, 15) is 4.79 Å². The highest BCUT2D eigenvalue weighted by atomic mass is 32.2. The van der Waals surface area contributed by atoms with E-state index >= 15 is 0 Å². The third-order valence-electron chi connectivity index (χ3n) is 2.54. The van der Waals surface area contributed by atoms with Crippen LogP contribution >= 0.6 is 23.5 Å². The van der Waals surface area contributed by atoms with Gasteiger partial charge in [-0.3, -0.25) is 4.79 Å². The fourth-order valence-electron chi connectivity index (χ4n) is 1.75. The Labute approximate surface area is 102 Å². The van der Waals surface area contributed by atoms with Crippen LogP contribution in [0.4, 0.5) is 0 Å². The highest BCUT2D eigenvalue weighted by Crippen LogP contribution is 2.47. The van der Waals surface area contributed by atoms with Crippen molar-refractivity contribution in [1.29, 1.82) is 0 Å². The van der Waals surface area contributed by atoms with E-state index in [1.54, 1.807) is 0 Å². The summed E-state index contributed by atoms with van der Waals surface area (Å²) in [6.07, 6.45) is 2.93. The number of Topliss-reactive ketones (excluding diaryl/α,β-unsaturated/α-hetero) is 1. The van der Waals surface area contributed by atoms with Crippen LogP contribution in [0.1, 0.15) is 47.0 Å². The van der Waals surface area contributed by atoms with Gasteiger partial charge in [0, 0.05) is 6.42 Å². The van der Waals surface area contributed by atoms with E-state index < -0.39 is 0 Å². The van der Waals surface area contributed by atoms with Gasteiger partial charge in [-0.15, -0.1) is 23.5 Å². The summed E-state index contributed by atoms with van der Waals surface area (Å²) >= 11 is 3.75. The number of hydrogen-bond acceptors (Lipinski definition) is 3. The molecular formula is C12H22OS2. The number of ketones is 1. The van der Waals surface area contributed by atoms with E-state index in [0.717, 1.165) is 17.9 Å². The summed E-state index contributed by atoms with van der Waals surface area (Å²) in [5, 5.41) is 0. The molecule has 0 aliphatic carbocycles. The van der Waals surface area contributed by atoms with Crippen molar-refractivity contribution < 1.29 is 4.79 Å². The standard InChI is InChI=1S/C12H22OS2/c1-5-12(14-7-6-8-15-12)10(13)9-11(2,3)4/h5-9H2,1-4H3. The van der Waals surface area contributed by atoms with Crippen LogP contribution in [0.2, 0.25) is 0 Å². The number of rotatable bonds is 3. The van der Waals surface area contributed by atoms with E-state index in [0.29, 0.717) is 12.2 Å². The summed E-state index contributed by atoms with van der Waals surface area (Å²) in [7, 11) is 0. The second-order valence-electron chi connectivity index (χ2n) is 5.32. The first-order chi connectivity index (χ1) is 6.90. The molecule has 1 aliphatic heterocycles. The van der Waals surface area contributed by atoms with Crippen LogP contribution in [0.15, 0.2) is 0 Å². The molecule has 0 aromatic heterocycles. The van der Waals surface area contributed by atoms with E-state index in [1.165, 1.54) is 6.42 Å². The van der Waals surface area contributed by atoms with Crippen LogP contribution in [-0.4, -0.2) is 21.4 Å². The maximum atomic E-state index is 12.3. The molecule has 3 heteroatoms. The first-order valence-corrected chi connectivity index (χ1v) is 7.68. The van der Waals surface area contributed by atoms with Crippen LogP contribution in [0.5, 0.6) is 0 Å². The Morgan fingerprint density at radius 3 is 2.20 bits per heavy atom. The zero-order chi connectivity index (χ0) is 11.5. The Kier molecular flexibility index (Phi) is 4.60. The molecule has 15 heavy (non-hydrogen) atoms. The summed E-state index contributed by atoms with van der Waals surface area (Å²) in [4.78, 5) is 12.3. The van der Waals surface area contributed by atoms with Crippen molar-refractivity contribution in [1.82, 2.24) is 0 Å². The summed E-state index contributed by atoms with van der Waals surface area (Å²) in [6.45, 7) is 8.58. The van der Waals surface area contributed by atoms with Gasteiger partial charge in [0.25, 0.3) is 0 Å². The normalized spacial score (nSPS) is 21.3. The molecule has 0 spiro atoms. The van der Waals surface area contributed by atoms with Crippen molar-refractivity contribution in [2.45, 2.75) is 51.0 Å². The fourth-order valence-corrected chi connectivity index (χ4v) is 4.88. The SMILES string of the molecule is CCC1(C(=O)CC(C)(C)C)SCCCS1. The molecule has 0 atom stereocenters. The molecule has 0 saturated carbocycles. The molecule has 0 aromatic carbocycles. The molecule has 0 amide bonds. The molecule has 0 bridgehead atoms. The molecule has 0 aromatic rings. The number of thioether (sulfide) groups is 2. The maximum absolute atomic E-state index is 12.3. The minimum Gasteiger partial charge on any atom is -0.297 e. The fraction of sp³-hybridized carbons (Fsp3) is 0.917. The molecule has 0 unspecified atom stereocenters. The van der Waals surface area contributed by atoms with Crippen molar-refractivity contribution in [3.05, 3.63) is 0 Å². The summed E-state index contributed by atoms with van der Waals surface area (Å²) in [6, 6.07) is 0. The van der Waals surface area contributed by atoms with Crippen LogP contribution in [-0.2, 0) is 4.79 Å². The number of carbonyl (C=O) groups is 1. The molecule has 1 nitrogen and oxygen atoms in total. The van der Waals surface area contributed by atoms with Gasteiger partial charge in [0.2, 0.25) is 0 Å². The lowest BCUT2D eigenvalue weighted by atomic mass is 9.88. The Bertz CT molecular complexity index is 224. The second kappa shape index (κ2) is 5.13. The Balaban J connectivity index is 2.68. The first kappa shape index (κ1) is 13.4. The maximum Gasteiger partial charge on any atom is 0.159 e. The molecule has 0 radical (unpaired) electrons. The Hall–Kier alpha value is 0.370. The van der Waals surface area contributed by atoms with E-state index in [4.69, 9.17) is 0 Å². The summed E-state index contributed by atoms with van der Waals surface area (Å²) in [5.41, 5.74) is 0.123. The number of carbonyl (C=O) groups excluding carboxylic acids is 1. The van der Waals surface area contributed by atoms with Crippen LogP contribution in [0.25, 0.3) is 0 Å². The third kappa shape index (κ3) is 3.70. The molecule has 1 saturated heterocycles. The van der Waals surface area contributed by atoms with Gasteiger partial charge in [-0.25, -0.2) is 0 Å². The van der Waals surface area contributed by atoms with Gasteiger partial charge in [-0.1, -0.05) is 27.7 Å². The van der Waals surface area contributed by atoms with Gasteiger partial charge in [0.1, 0.15) is 4.08 Å². The molecule has 1 rings (SSSR count). The monoisotopic (exact) mass is 246 g/mol. The molecule has 1 aliphatic rings. The summed E-state index contributed by atoms with van der Waals surface area (Å²) < 4.78 is -0.120. The van der Waals surface area contributed by atoms with Gasteiger partial charge in [0.05, 0.1) is 0 Å². The highest BCUT2D eigenvalue weighted by Gasteiger charge is 2.40. The zero-order valence-corrected chi connectivity index (χ0v) is 11.9. The molecule has 0 N–H and O–H groups in total. The van der Waals surface area contributed by atoms with Crippen LogP contribution < -0.4 is 0 Å². The minimum atomic E-state index is -0.120. The van der Waals surface area contributed by atoms with Gasteiger partial charge in [-0.2, -0.15) is 0 Å². The lowest BCUT2D eigenvalue weighted by Crippen LogP contribution is -2.36. The second-order valence-corrected chi connectivity index (χ2v) is 8.36. The minimum absolute atomic E-state index is 0.120. The first-order valence-electron chi connectivity index (χ1n) is 5.71.